The van der Waals surface area contributed by atoms with Crippen molar-refractivity contribution in [2.24, 2.45) is 0 Å². The van der Waals surface area contributed by atoms with E-state index in [-0.39, 0.29) is 16.9 Å². The highest BCUT2D eigenvalue weighted by molar-refractivity contribution is 6.29. The Bertz CT molecular complexity index is 777. The molecule has 1 heterocycles. The molecule has 0 saturated heterocycles. The van der Waals surface area contributed by atoms with E-state index in [9.17, 15) is 18.0 Å². The zero-order valence-electron chi connectivity index (χ0n) is 13.5. The van der Waals surface area contributed by atoms with Crippen molar-refractivity contribution < 1.29 is 27.4 Å². The topological polar surface area (TPSA) is 61.3 Å². The third-order valence-electron chi connectivity index (χ3n) is 3.18. The Morgan fingerprint density at radius 3 is 2.24 bits per heavy atom. The number of hydrogen-bond donors (Lipinski definition) is 0. The highest BCUT2D eigenvalue weighted by atomic mass is 35.5. The molecule has 0 N–H and O–H groups in total. The van der Waals surface area contributed by atoms with E-state index in [1.165, 1.54) is 39.2 Å². The molecule has 1 aromatic carbocycles. The first kappa shape index (κ1) is 19.0. The van der Waals surface area contributed by atoms with Crippen molar-refractivity contribution in [3.63, 3.8) is 0 Å². The van der Waals surface area contributed by atoms with Crippen LogP contribution in [0.2, 0.25) is 5.15 Å². The molecule has 0 atom stereocenters. The van der Waals surface area contributed by atoms with Gasteiger partial charge in [-0.1, -0.05) is 23.7 Å². The molecule has 0 unspecified atom stereocenters. The second kappa shape index (κ2) is 6.87. The number of hydrogen-bond acceptors (Lipinski definition) is 5. The summed E-state index contributed by atoms with van der Waals surface area (Å²) in [6.45, 7) is 2.96. The number of benzene rings is 1. The van der Waals surface area contributed by atoms with Gasteiger partial charge in [-0.25, -0.2) is 9.78 Å². The van der Waals surface area contributed by atoms with Gasteiger partial charge in [0.2, 0.25) is 11.5 Å². The first-order valence-corrected chi connectivity index (χ1v) is 7.40. The predicted octanol–water partition coefficient (Wildman–Crippen LogP) is 4.15. The van der Waals surface area contributed by atoms with E-state index in [1.54, 1.807) is 0 Å². The Kier molecular flexibility index (Phi) is 5.22. The molecule has 5 nitrogen and oxygen atoms in total. The number of rotatable bonds is 4. The number of alkyl halides is 3. The SMILES string of the molecule is COC(=O)C(C)(C)Oc1cc(Cl)nc(-c2ccc(C(F)(F)F)cc2)n1. The Morgan fingerprint density at radius 1 is 1.12 bits per heavy atom. The summed E-state index contributed by atoms with van der Waals surface area (Å²) >= 11 is 5.92. The maximum Gasteiger partial charge on any atom is 0.416 e. The molecule has 134 valence electrons. The van der Waals surface area contributed by atoms with Crippen LogP contribution in [0.4, 0.5) is 13.2 Å². The summed E-state index contributed by atoms with van der Waals surface area (Å²) in [5, 5.41) is 0.0144. The lowest BCUT2D eigenvalue weighted by molar-refractivity contribution is -0.156. The fourth-order valence-electron chi connectivity index (χ4n) is 1.94. The lowest BCUT2D eigenvalue weighted by atomic mass is 10.1. The van der Waals surface area contributed by atoms with Crippen molar-refractivity contribution >= 4 is 17.6 Å². The first-order valence-electron chi connectivity index (χ1n) is 7.02. The van der Waals surface area contributed by atoms with Crippen molar-refractivity contribution in [3.8, 4) is 17.3 Å². The summed E-state index contributed by atoms with van der Waals surface area (Å²) in [5.41, 5.74) is -1.80. The second-order valence-electron chi connectivity index (χ2n) is 5.53. The Hall–Kier alpha value is -2.35. The molecule has 0 aliphatic heterocycles. The maximum absolute atomic E-state index is 12.6. The minimum absolute atomic E-state index is 0.00898. The minimum atomic E-state index is -4.44. The van der Waals surface area contributed by atoms with Crippen LogP contribution in [0.15, 0.2) is 30.3 Å². The van der Waals surface area contributed by atoms with Crippen molar-refractivity contribution in [2.75, 3.05) is 7.11 Å². The number of methoxy groups -OCH3 is 1. The molecule has 0 bridgehead atoms. The van der Waals surface area contributed by atoms with E-state index in [0.29, 0.717) is 5.56 Å². The lowest BCUT2D eigenvalue weighted by Crippen LogP contribution is -2.39. The van der Waals surface area contributed by atoms with Crippen molar-refractivity contribution in [3.05, 3.63) is 41.0 Å². The number of ether oxygens (including phenoxy) is 2. The van der Waals surface area contributed by atoms with Crippen LogP contribution in [-0.2, 0) is 15.7 Å². The maximum atomic E-state index is 12.6. The molecular formula is C16H14ClF3N2O3. The van der Waals surface area contributed by atoms with Crippen molar-refractivity contribution in [2.45, 2.75) is 25.6 Å². The Labute approximate surface area is 146 Å². The smallest absolute Gasteiger partial charge is 0.416 e. The molecule has 0 saturated carbocycles. The van der Waals surface area contributed by atoms with Gasteiger partial charge in [-0.05, 0) is 26.0 Å². The van der Waals surface area contributed by atoms with Gasteiger partial charge in [-0.15, -0.1) is 0 Å². The van der Waals surface area contributed by atoms with Crippen LogP contribution in [0.5, 0.6) is 5.88 Å². The van der Waals surface area contributed by atoms with Crippen LogP contribution < -0.4 is 4.74 Å². The minimum Gasteiger partial charge on any atom is -0.466 e. The van der Waals surface area contributed by atoms with E-state index in [0.717, 1.165) is 12.1 Å². The van der Waals surface area contributed by atoms with Crippen LogP contribution in [-0.4, -0.2) is 28.6 Å². The van der Waals surface area contributed by atoms with Crippen LogP contribution in [0.3, 0.4) is 0 Å². The highest BCUT2D eigenvalue weighted by Crippen LogP contribution is 2.31. The normalized spacial score (nSPS) is 12.0. The summed E-state index contributed by atoms with van der Waals surface area (Å²) < 4.78 is 48.0. The number of nitrogens with zero attached hydrogens (tertiary/aromatic N) is 2. The van der Waals surface area contributed by atoms with Crippen LogP contribution in [0.1, 0.15) is 19.4 Å². The van der Waals surface area contributed by atoms with Crippen molar-refractivity contribution in [1.29, 1.82) is 0 Å². The van der Waals surface area contributed by atoms with Crippen LogP contribution in [0.25, 0.3) is 11.4 Å². The first-order chi connectivity index (χ1) is 11.5. The van der Waals surface area contributed by atoms with Gasteiger partial charge in [0, 0.05) is 11.6 Å². The molecule has 2 aromatic rings. The Balaban J connectivity index is 2.34. The molecule has 0 aliphatic carbocycles. The van der Waals surface area contributed by atoms with Gasteiger partial charge in [0.05, 0.1) is 12.7 Å². The number of carbonyl (C=O) groups is 1. The summed E-state index contributed by atoms with van der Waals surface area (Å²) in [4.78, 5) is 19.7. The van der Waals surface area contributed by atoms with Gasteiger partial charge in [0.15, 0.2) is 5.82 Å². The average molecular weight is 375 g/mol. The summed E-state index contributed by atoms with van der Waals surface area (Å²) in [6.07, 6.45) is -4.44. The molecular weight excluding hydrogens is 361 g/mol. The molecule has 0 aliphatic rings. The van der Waals surface area contributed by atoms with E-state index in [2.05, 4.69) is 14.7 Å². The fourth-order valence-corrected chi connectivity index (χ4v) is 2.11. The van der Waals surface area contributed by atoms with E-state index < -0.39 is 23.3 Å². The summed E-state index contributed by atoms with van der Waals surface area (Å²) in [6, 6.07) is 5.57. The zero-order valence-corrected chi connectivity index (χ0v) is 14.3. The highest BCUT2D eigenvalue weighted by Gasteiger charge is 2.32. The Morgan fingerprint density at radius 2 is 1.72 bits per heavy atom. The molecule has 0 amide bonds. The molecule has 0 fully saturated rings. The van der Waals surface area contributed by atoms with E-state index in [4.69, 9.17) is 16.3 Å². The van der Waals surface area contributed by atoms with Crippen LogP contribution in [0, 0.1) is 0 Å². The summed E-state index contributed by atoms with van der Waals surface area (Å²) in [7, 11) is 1.22. The third-order valence-corrected chi connectivity index (χ3v) is 3.37. The second-order valence-corrected chi connectivity index (χ2v) is 5.92. The van der Waals surface area contributed by atoms with Gasteiger partial charge in [0.25, 0.3) is 0 Å². The van der Waals surface area contributed by atoms with Gasteiger partial charge < -0.3 is 9.47 Å². The quantitative estimate of drug-likeness (QED) is 0.594. The summed E-state index contributed by atoms with van der Waals surface area (Å²) in [5.74, 6) is -0.569. The van der Waals surface area contributed by atoms with E-state index >= 15 is 0 Å². The van der Waals surface area contributed by atoms with Gasteiger partial charge in [-0.3, -0.25) is 0 Å². The lowest BCUT2D eigenvalue weighted by Gasteiger charge is -2.22. The molecule has 1 aromatic heterocycles. The zero-order chi connectivity index (χ0) is 18.8. The largest absolute Gasteiger partial charge is 0.466 e. The van der Waals surface area contributed by atoms with Gasteiger partial charge >= 0.3 is 12.1 Å². The molecule has 25 heavy (non-hydrogen) atoms. The number of aromatic nitrogens is 2. The molecule has 2 rings (SSSR count). The van der Waals surface area contributed by atoms with Crippen molar-refractivity contribution in [1.82, 2.24) is 9.97 Å². The van der Waals surface area contributed by atoms with E-state index in [1.807, 2.05) is 0 Å². The average Bonchev–Trinajstić information content (AvgIpc) is 2.52. The number of carbonyl (C=O) groups excluding carboxylic acids is 1. The standard InChI is InChI=1S/C16H14ClF3N2O3/c1-15(2,14(23)24-3)25-12-8-11(17)21-13(22-12)9-4-6-10(7-5-9)16(18,19)20/h4-8H,1-3H3. The van der Waals surface area contributed by atoms with Gasteiger partial charge in [-0.2, -0.15) is 18.2 Å². The predicted molar refractivity (Wildman–Crippen MR) is 84.2 cm³/mol. The van der Waals surface area contributed by atoms with Gasteiger partial charge in [0.1, 0.15) is 5.15 Å². The molecule has 9 heteroatoms. The number of esters is 1. The van der Waals surface area contributed by atoms with Crippen LogP contribution >= 0.6 is 11.6 Å². The molecule has 0 radical (unpaired) electrons. The molecule has 0 spiro atoms. The fraction of sp³-hybridized carbons (Fsp3) is 0.312. The monoisotopic (exact) mass is 374 g/mol. The third kappa shape index (κ3) is 4.60. The number of halogens is 4.